The van der Waals surface area contributed by atoms with Gasteiger partial charge in [0.15, 0.2) is 0 Å². The van der Waals surface area contributed by atoms with Gasteiger partial charge in [-0.1, -0.05) is 20.3 Å². The number of amides is 1. The van der Waals surface area contributed by atoms with Gasteiger partial charge in [-0.25, -0.2) is 4.79 Å². The number of alkyl carbamates (subject to hydrolysis) is 1. The maximum absolute atomic E-state index is 11.5. The van der Waals surface area contributed by atoms with Crippen molar-refractivity contribution in [3.8, 4) is 0 Å². The summed E-state index contributed by atoms with van der Waals surface area (Å²) in [4.78, 5) is 22.2. The Labute approximate surface area is 103 Å². The molecule has 2 N–H and O–H groups in total. The lowest BCUT2D eigenvalue weighted by Gasteiger charge is -2.25. The molecule has 17 heavy (non-hydrogen) atoms. The van der Waals surface area contributed by atoms with Gasteiger partial charge in [0.1, 0.15) is 5.60 Å². The molecule has 0 aliphatic carbocycles. The van der Waals surface area contributed by atoms with Crippen LogP contribution >= 0.6 is 0 Å². The summed E-state index contributed by atoms with van der Waals surface area (Å²) in [6, 6.07) is -0.396. The number of ether oxygens (including phenoxy) is 1. The van der Waals surface area contributed by atoms with Crippen LogP contribution in [0.1, 0.15) is 47.5 Å². The molecule has 2 atom stereocenters. The Morgan fingerprint density at radius 1 is 1.35 bits per heavy atom. The molecule has 5 heteroatoms. The third-order valence-electron chi connectivity index (χ3n) is 2.43. The van der Waals surface area contributed by atoms with Crippen molar-refractivity contribution >= 4 is 12.1 Å². The maximum Gasteiger partial charge on any atom is 0.407 e. The lowest BCUT2D eigenvalue weighted by Crippen LogP contribution is -2.43. The maximum atomic E-state index is 11.5. The quantitative estimate of drug-likeness (QED) is 0.779. The van der Waals surface area contributed by atoms with Crippen LogP contribution in [0, 0.1) is 5.92 Å². The van der Waals surface area contributed by atoms with Gasteiger partial charge in [-0.3, -0.25) is 4.79 Å². The van der Waals surface area contributed by atoms with Gasteiger partial charge in [0.25, 0.3) is 0 Å². The van der Waals surface area contributed by atoms with Gasteiger partial charge in [0.2, 0.25) is 0 Å². The van der Waals surface area contributed by atoms with E-state index >= 15 is 0 Å². The number of aliphatic carboxylic acids is 1. The summed E-state index contributed by atoms with van der Waals surface area (Å²) in [7, 11) is 0. The van der Waals surface area contributed by atoms with E-state index < -0.39 is 23.7 Å². The first-order chi connectivity index (χ1) is 7.65. The molecule has 0 unspecified atom stereocenters. The summed E-state index contributed by atoms with van der Waals surface area (Å²) in [5.74, 6) is -0.829. The molecule has 0 aliphatic heterocycles. The first-order valence-electron chi connectivity index (χ1n) is 5.87. The molecule has 0 fully saturated rings. The monoisotopic (exact) mass is 245 g/mol. The number of carboxylic acids is 1. The van der Waals surface area contributed by atoms with Crippen LogP contribution in [-0.4, -0.2) is 28.8 Å². The average Bonchev–Trinajstić information content (AvgIpc) is 2.11. The molecule has 0 bridgehead atoms. The van der Waals surface area contributed by atoms with Crippen molar-refractivity contribution in [1.29, 1.82) is 0 Å². The second-order valence-corrected chi connectivity index (χ2v) is 5.24. The van der Waals surface area contributed by atoms with Crippen LogP contribution in [0.2, 0.25) is 0 Å². The van der Waals surface area contributed by atoms with Crippen molar-refractivity contribution in [3.05, 3.63) is 0 Å². The van der Waals surface area contributed by atoms with Crippen LogP contribution in [0.5, 0.6) is 0 Å². The number of hydrogen-bond acceptors (Lipinski definition) is 3. The Morgan fingerprint density at radius 2 is 1.88 bits per heavy atom. The van der Waals surface area contributed by atoms with Gasteiger partial charge >= 0.3 is 12.1 Å². The van der Waals surface area contributed by atoms with Gasteiger partial charge in [0, 0.05) is 6.04 Å². The van der Waals surface area contributed by atoms with Gasteiger partial charge in [0.05, 0.1) is 6.42 Å². The zero-order valence-electron chi connectivity index (χ0n) is 11.2. The molecule has 0 saturated heterocycles. The molecule has 1 amide bonds. The number of carbonyl (C=O) groups excluding carboxylic acids is 1. The van der Waals surface area contributed by atoms with E-state index in [0.717, 1.165) is 6.42 Å². The highest BCUT2D eigenvalue weighted by atomic mass is 16.6. The normalized spacial score (nSPS) is 14.9. The van der Waals surface area contributed by atoms with Gasteiger partial charge in [-0.2, -0.15) is 0 Å². The lowest BCUT2D eigenvalue weighted by atomic mass is 9.96. The Morgan fingerprint density at radius 3 is 2.24 bits per heavy atom. The second kappa shape index (κ2) is 6.47. The molecule has 0 saturated carbocycles. The summed E-state index contributed by atoms with van der Waals surface area (Å²) < 4.78 is 5.10. The molecule has 5 nitrogen and oxygen atoms in total. The minimum Gasteiger partial charge on any atom is -0.481 e. The summed E-state index contributed by atoms with van der Waals surface area (Å²) >= 11 is 0. The number of hydrogen-bond donors (Lipinski definition) is 2. The highest BCUT2D eigenvalue weighted by Gasteiger charge is 2.24. The summed E-state index contributed by atoms with van der Waals surface area (Å²) in [5, 5.41) is 11.4. The van der Waals surface area contributed by atoms with E-state index in [1.807, 2.05) is 13.8 Å². The number of nitrogens with one attached hydrogen (secondary N) is 1. The zero-order valence-corrected chi connectivity index (χ0v) is 11.2. The van der Waals surface area contributed by atoms with Crippen LogP contribution in [0.25, 0.3) is 0 Å². The highest BCUT2D eigenvalue weighted by molar-refractivity contribution is 5.71. The topological polar surface area (TPSA) is 75.6 Å². The zero-order chi connectivity index (χ0) is 13.6. The molecule has 0 aromatic rings. The SMILES string of the molecule is CC[C@@H](C)[C@@H](CC(=O)O)NC(=O)OC(C)(C)C. The van der Waals surface area contributed by atoms with E-state index in [4.69, 9.17) is 9.84 Å². The van der Waals surface area contributed by atoms with E-state index in [0.29, 0.717) is 0 Å². The van der Waals surface area contributed by atoms with Crippen molar-refractivity contribution in [2.75, 3.05) is 0 Å². The van der Waals surface area contributed by atoms with E-state index in [-0.39, 0.29) is 12.3 Å². The number of carbonyl (C=O) groups is 2. The second-order valence-electron chi connectivity index (χ2n) is 5.24. The van der Waals surface area contributed by atoms with Crippen LogP contribution < -0.4 is 5.32 Å². The molecule has 100 valence electrons. The Bertz CT molecular complexity index is 270. The lowest BCUT2D eigenvalue weighted by molar-refractivity contribution is -0.137. The van der Waals surface area contributed by atoms with Crippen LogP contribution in [0.4, 0.5) is 4.79 Å². The Balaban J connectivity index is 4.42. The summed E-state index contributed by atoms with van der Waals surface area (Å²) in [6.45, 7) is 9.16. The third kappa shape index (κ3) is 7.60. The fraction of sp³-hybridized carbons (Fsp3) is 0.833. The Hall–Kier alpha value is -1.26. The molecule has 0 spiro atoms. The van der Waals surface area contributed by atoms with Gasteiger partial charge in [-0.15, -0.1) is 0 Å². The van der Waals surface area contributed by atoms with Crippen molar-refractivity contribution in [2.45, 2.75) is 59.1 Å². The number of rotatable bonds is 5. The molecule has 0 aliphatic rings. The van der Waals surface area contributed by atoms with Crippen molar-refractivity contribution in [3.63, 3.8) is 0 Å². The summed E-state index contributed by atoms with van der Waals surface area (Å²) in [6.07, 6.45) is 0.145. The van der Waals surface area contributed by atoms with E-state index in [9.17, 15) is 9.59 Å². The molecule has 0 heterocycles. The van der Waals surface area contributed by atoms with Crippen LogP contribution in [0.3, 0.4) is 0 Å². The van der Waals surface area contributed by atoms with Crippen molar-refractivity contribution in [2.24, 2.45) is 5.92 Å². The molecule has 0 radical (unpaired) electrons. The van der Waals surface area contributed by atoms with E-state index in [1.165, 1.54) is 0 Å². The highest BCUT2D eigenvalue weighted by Crippen LogP contribution is 2.13. The third-order valence-corrected chi connectivity index (χ3v) is 2.43. The first kappa shape index (κ1) is 15.7. The molecular weight excluding hydrogens is 222 g/mol. The molecular formula is C12H23NO4. The van der Waals surface area contributed by atoms with Gasteiger partial charge < -0.3 is 15.2 Å². The average molecular weight is 245 g/mol. The van der Waals surface area contributed by atoms with Crippen LogP contribution in [-0.2, 0) is 9.53 Å². The largest absolute Gasteiger partial charge is 0.481 e. The first-order valence-corrected chi connectivity index (χ1v) is 5.87. The van der Waals surface area contributed by atoms with E-state index in [1.54, 1.807) is 20.8 Å². The smallest absolute Gasteiger partial charge is 0.407 e. The van der Waals surface area contributed by atoms with Gasteiger partial charge in [-0.05, 0) is 26.7 Å². The fourth-order valence-corrected chi connectivity index (χ4v) is 1.33. The minimum absolute atomic E-state index is 0.0890. The predicted octanol–water partition coefficient (Wildman–Crippen LogP) is 2.40. The van der Waals surface area contributed by atoms with Crippen molar-refractivity contribution < 1.29 is 19.4 Å². The van der Waals surface area contributed by atoms with E-state index in [2.05, 4.69) is 5.32 Å². The number of carboxylic acid groups (broad SMARTS) is 1. The molecule has 0 aromatic carbocycles. The molecule has 0 rings (SSSR count). The predicted molar refractivity (Wildman–Crippen MR) is 64.9 cm³/mol. The molecule has 0 aromatic heterocycles. The minimum atomic E-state index is -0.925. The Kier molecular flexibility index (Phi) is 5.99. The van der Waals surface area contributed by atoms with Crippen LogP contribution in [0.15, 0.2) is 0 Å². The summed E-state index contributed by atoms with van der Waals surface area (Å²) in [5.41, 5.74) is -0.576. The van der Waals surface area contributed by atoms with Crippen molar-refractivity contribution in [1.82, 2.24) is 5.32 Å². The standard InChI is InChI=1S/C12H23NO4/c1-6-8(2)9(7-10(14)15)13-11(16)17-12(3,4)5/h8-9H,6-7H2,1-5H3,(H,13,16)(H,14,15)/t8-,9-/m1/s1. The fourth-order valence-electron chi connectivity index (χ4n) is 1.33.